The number of benzene rings is 1. The first kappa shape index (κ1) is 13.9. The number of phenols is 1. The van der Waals surface area contributed by atoms with Gasteiger partial charge in [-0.05, 0) is 44.5 Å². The number of rotatable bonds is 4. The summed E-state index contributed by atoms with van der Waals surface area (Å²) in [5.74, 6) is 0.787. The normalized spacial score (nSPS) is 16.8. The van der Waals surface area contributed by atoms with Crippen molar-refractivity contribution in [3.05, 3.63) is 23.8 Å². The largest absolute Gasteiger partial charge is 0.508 e. The van der Waals surface area contributed by atoms with E-state index in [0.717, 1.165) is 24.3 Å². The van der Waals surface area contributed by atoms with Gasteiger partial charge in [0.05, 0.1) is 5.69 Å². The van der Waals surface area contributed by atoms with Crippen molar-refractivity contribution < 1.29 is 9.90 Å². The fourth-order valence-corrected chi connectivity index (χ4v) is 2.45. The summed E-state index contributed by atoms with van der Waals surface area (Å²) in [6, 6.07) is 5.16. The van der Waals surface area contributed by atoms with Crippen LogP contribution in [0, 0.1) is 18.8 Å². The van der Waals surface area contributed by atoms with Gasteiger partial charge in [0.15, 0.2) is 0 Å². The van der Waals surface area contributed by atoms with E-state index in [0.29, 0.717) is 12.5 Å². The maximum absolute atomic E-state index is 12.6. The van der Waals surface area contributed by atoms with E-state index in [-0.39, 0.29) is 17.6 Å². The number of amides is 1. The van der Waals surface area contributed by atoms with E-state index in [9.17, 15) is 9.90 Å². The van der Waals surface area contributed by atoms with Crippen LogP contribution in [0.1, 0.15) is 19.4 Å². The average molecular weight is 262 g/mol. The van der Waals surface area contributed by atoms with Gasteiger partial charge in [0.2, 0.25) is 5.91 Å². The third kappa shape index (κ3) is 2.73. The Morgan fingerprint density at radius 3 is 2.74 bits per heavy atom. The van der Waals surface area contributed by atoms with Crippen molar-refractivity contribution in [2.24, 2.45) is 11.8 Å². The van der Waals surface area contributed by atoms with Crippen LogP contribution >= 0.6 is 0 Å². The van der Waals surface area contributed by atoms with E-state index in [1.54, 1.807) is 17.0 Å². The molecule has 1 aromatic rings. The fourth-order valence-electron chi connectivity index (χ4n) is 2.45. The predicted molar refractivity (Wildman–Crippen MR) is 76.4 cm³/mol. The van der Waals surface area contributed by atoms with Crippen molar-refractivity contribution in [1.82, 2.24) is 5.32 Å². The Morgan fingerprint density at radius 2 is 2.21 bits per heavy atom. The molecule has 2 N–H and O–H groups in total. The van der Waals surface area contributed by atoms with E-state index in [4.69, 9.17) is 0 Å². The molecule has 1 aromatic carbocycles. The Balaban J connectivity index is 2.23. The molecule has 104 valence electrons. The second-order valence-corrected chi connectivity index (χ2v) is 5.26. The Bertz CT molecular complexity index is 469. The lowest BCUT2D eigenvalue weighted by molar-refractivity contribution is -0.124. The van der Waals surface area contributed by atoms with Crippen LogP contribution in [-0.2, 0) is 4.79 Å². The molecule has 1 fully saturated rings. The van der Waals surface area contributed by atoms with E-state index >= 15 is 0 Å². The van der Waals surface area contributed by atoms with E-state index < -0.39 is 0 Å². The third-order valence-corrected chi connectivity index (χ3v) is 3.98. The molecule has 0 aliphatic carbocycles. The standard InChI is InChI=1S/C15H22N2O2/c1-4-17(14-7-13(18)6-5-10(14)2)15(19)11(3)12-8-16-9-12/h5-7,11-12,16,18H,4,8-9H2,1-3H3. The Labute approximate surface area is 114 Å². The number of anilines is 1. The number of hydrogen-bond acceptors (Lipinski definition) is 3. The van der Waals surface area contributed by atoms with Crippen LogP contribution in [0.25, 0.3) is 0 Å². The maximum atomic E-state index is 12.6. The van der Waals surface area contributed by atoms with Crippen LogP contribution in [0.15, 0.2) is 18.2 Å². The molecular formula is C15H22N2O2. The highest BCUT2D eigenvalue weighted by molar-refractivity contribution is 5.96. The summed E-state index contributed by atoms with van der Waals surface area (Å²) in [5, 5.41) is 12.8. The van der Waals surface area contributed by atoms with Crippen LogP contribution < -0.4 is 10.2 Å². The lowest BCUT2D eigenvalue weighted by Crippen LogP contribution is -2.50. The summed E-state index contributed by atoms with van der Waals surface area (Å²) in [7, 11) is 0. The van der Waals surface area contributed by atoms with Crippen molar-refractivity contribution >= 4 is 11.6 Å². The first-order valence-corrected chi connectivity index (χ1v) is 6.86. The monoisotopic (exact) mass is 262 g/mol. The number of nitrogens with zero attached hydrogens (tertiary/aromatic N) is 1. The Hall–Kier alpha value is -1.55. The van der Waals surface area contributed by atoms with Gasteiger partial charge in [-0.3, -0.25) is 4.79 Å². The maximum Gasteiger partial charge on any atom is 0.230 e. The summed E-state index contributed by atoms with van der Waals surface area (Å²) < 4.78 is 0. The van der Waals surface area contributed by atoms with E-state index in [2.05, 4.69) is 5.32 Å². The highest BCUT2D eigenvalue weighted by atomic mass is 16.3. The molecule has 1 unspecified atom stereocenters. The van der Waals surface area contributed by atoms with Crippen LogP contribution in [0.4, 0.5) is 5.69 Å². The molecule has 1 aliphatic heterocycles. The molecule has 4 heteroatoms. The van der Waals surface area contributed by atoms with Gasteiger partial charge in [0.25, 0.3) is 0 Å². The summed E-state index contributed by atoms with van der Waals surface area (Å²) in [5.41, 5.74) is 1.82. The van der Waals surface area contributed by atoms with Gasteiger partial charge in [-0.2, -0.15) is 0 Å². The fraction of sp³-hybridized carbons (Fsp3) is 0.533. The summed E-state index contributed by atoms with van der Waals surface area (Å²) in [6.45, 7) is 8.38. The summed E-state index contributed by atoms with van der Waals surface area (Å²) >= 11 is 0. The van der Waals surface area contributed by atoms with Crippen molar-refractivity contribution in [2.75, 3.05) is 24.5 Å². The van der Waals surface area contributed by atoms with Crippen molar-refractivity contribution in [3.8, 4) is 5.75 Å². The highest BCUT2D eigenvalue weighted by Crippen LogP contribution is 2.28. The van der Waals surface area contributed by atoms with Gasteiger partial charge in [-0.15, -0.1) is 0 Å². The number of carbonyl (C=O) groups is 1. The number of hydrogen-bond donors (Lipinski definition) is 2. The molecule has 1 amide bonds. The lowest BCUT2D eigenvalue weighted by atomic mass is 9.87. The number of aromatic hydroxyl groups is 1. The molecule has 0 spiro atoms. The van der Waals surface area contributed by atoms with Crippen LogP contribution in [0.2, 0.25) is 0 Å². The van der Waals surface area contributed by atoms with Crippen molar-refractivity contribution in [3.63, 3.8) is 0 Å². The number of phenolic OH excluding ortho intramolecular Hbond substituents is 1. The molecule has 4 nitrogen and oxygen atoms in total. The molecular weight excluding hydrogens is 240 g/mol. The molecule has 0 aromatic heterocycles. The van der Waals surface area contributed by atoms with E-state index in [1.165, 1.54) is 0 Å². The molecule has 0 saturated carbocycles. The average Bonchev–Trinajstić information content (AvgIpc) is 2.32. The molecule has 2 rings (SSSR count). The van der Waals surface area contributed by atoms with Gasteiger partial charge in [0, 0.05) is 18.5 Å². The smallest absolute Gasteiger partial charge is 0.230 e. The molecule has 1 aliphatic rings. The number of aryl methyl sites for hydroxylation is 1. The minimum Gasteiger partial charge on any atom is -0.508 e. The topological polar surface area (TPSA) is 52.6 Å². The lowest BCUT2D eigenvalue weighted by Gasteiger charge is -2.35. The summed E-state index contributed by atoms with van der Waals surface area (Å²) in [6.07, 6.45) is 0. The van der Waals surface area contributed by atoms with Crippen molar-refractivity contribution in [1.29, 1.82) is 0 Å². The SMILES string of the molecule is CCN(C(=O)C(C)C1CNC1)c1cc(O)ccc1C. The van der Waals surface area contributed by atoms with Crippen LogP contribution in [0.5, 0.6) is 5.75 Å². The van der Waals surface area contributed by atoms with Gasteiger partial charge < -0.3 is 15.3 Å². The van der Waals surface area contributed by atoms with Gasteiger partial charge in [-0.1, -0.05) is 13.0 Å². The predicted octanol–water partition coefficient (Wildman–Crippen LogP) is 1.91. The molecule has 19 heavy (non-hydrogen) atoms. The minimum absolute atomic E-state index is 0.0166. The molecule has 1 saturated heterocycles. The molecule has 1 atom stereocenters. The second-order valence-electron chi connectivity index (χ2n) is 5.26. The molecule has 0 bridgehead atoms. The van der Waals surface area contributed by atoms with Gasteiger partial charge >= 0.3 is 0 Å². The van der Waals surface area contributed by atoms with Gasteiger partial charge in [-0.25, -0.2) is 0 Å². The third-order valence-electron chi connectivity index (χ3n) is 3.98. The Morgan fingerprint density at radius 1 is 1.53 bits per heavy atom. The minimum atomic E-state index is 0.0166. The van der Waals surface area contributed by atoms with Gasteiger partial charge in [0.1, 0.15) is 5.75 Å². The zero-order valence-corrected chi connectivity index (χ0v) is 11.8. The van der Waals surface area contributed by atoms with E-state index in [1.807, 2.05) is 26.8 Å². The summed E-state index contributed by atoms with van der Waals surface area (Å²) in [4.78, 5) is 14.4. The quantitative estimate of drug-likeness (QED) is 0.871. The first-order valence-electron chi connectivity index (χ1n) is 6.86. The van der Waals surface area contributed by atoms with Crippen molar-refractivity contribution in [2.45, 2.75) is 20.8 Å². The van der Waals surface area contributed by atoms with Crippen LogP contribution in [-0.4, -0.2) is 30.6 Å². The van der Waals surface area contributed by atoms with Crippen LogP contribution in [0.3, 0.4) is 0 Å². The first-order chi connectivity index (χ1) is 9.04. The Kier molecular flexibility index (Phi) is 4.10. The number of nitrogens with one attached hydrogen (secondary N) is 1. The highest BCUT2D eigenvalue weighted by Gasteiger charge is 2.32. The second kappa shape index (κ2) is 5.61. The molecule has 1 heterocycles. The number of carbonyl (C=O) groups excluding carboxylic acids is 1. The molecule has 0 radical (unpaired) electrons. The zero-order valence-electron chi connectivity index (χ0n) is 11.8. The zero-order chi connectivity index (χ0) is 14.0.